The zero-order valence-corrected chi connectivity index (χ0v) is 10.1. The normalized spacial score (nSPS) is 23.8. The van der Waals surface area contributed by atoms with Crippen LogP contribution in [0.3, 0.4) is 0 Å². The van der Waals surface area contributed by atoms with Crippen LogP contribution in [-0.4, -0.2) is 46.7 Å². The summed E-state index contributed by atoms with van der Waals surface area (Å²) in [7, 11) is 0. The van der Waals surface area contributed by atoms with Crippen molar-refractivity contribution in [2.45, 2.75) is 32.2 Å². The molecule has 0 radical (unpaired) electrons. The molecule has 0 saturated carbocycles. The average molecular weight is 234 g/mol. The molecule has 2 aliphatic rings. The monoisotopic (exact) mass is 234 g/mol. The molecular formula is C12H18N4O. The van der Waals surface area contributed by atoms with Gasteiger partial charge in [-0.2, -0.15) is 5.10 Å². The van der Waals surface area contributed by atoms with Crippen molar-refractivity contribution in [1.29, 1.82) is 0 Å². The highest BCUT2D eigenvalue weighted by Gasteiger charge is 2.29. The number of hydrogen-bond donors (Lipinski definition) is 2. The molecule has 0 bridgehead atoms. The Labute approximate surface area is 101 Å². The van der Waals surface area contributed by atoms with Gasteiger partial charge in [-0.1, -0.05) is 0 Å². The molecule has 1 aromatic rings. The Morgan fingerprint density at radius 3 is 3.18 bits per heavy atom. The fraction of sp³-hybridized carbons (Fsp3) is 0.667. The Bertz CT molecular complexity index is 440. The van der Waals surface area contributed by atoms with E-state index in [2.05, 4.69) is 22.4 Å². The summed E-state index contributed by atoms with van der Waals surface area (Å²) in [4.78, 5) is 14.4. The molecule has 92 valence electrons. The van der Waals surface area contributed by atoms with Crippen LogP contribution < -0.4 is 5.32 Å². The second-order valence-corrected chi connectivity index (χ2v) is 4.93. The molecule has 1 saturated heterocycles. The molecule has 2 N–H and O–H groups in total. The highest BCUT2D eigenvalue weighted by atomic mass is 16.2. The van der Waals surface area contributed by atoms with Crippen molar-refractivity contribution >= 4 is 5.91 Å². The maximum Gasteiger partial charge on any atom is 0.274 e. The minimum atomic E-state index is 0.0957. The van der Waals surface area contributed by atoms with Crippen LogP contribution in [0.1, 0.15) is 35.1 Å². The van der Waals surface area contributed by atoms with Gasteiger partial charge in [-0.25, -0.2) is 0 Å². The van der Waals surface area contributed by atoms with Gasteiger partial charge >= 0.3 is 0 Å². The Morgan fingerprint density at radius 1 is 1.47 bits per heavy atom. The Hall–Kier alpha value is -1.36. The summed E-state index contributed by atoms with van der Waals surface area (Å²) in [5.74, 6) is 0.0957. The second-order valence-electron chi connectivity index (χ2n) is 4.93. The lowest BCUT2D eigenvalue weighted by atomic mass is 10.1. The molecule has 2 heterocycles. The van der Waals surface area contributed by atoms with E-state index in [0.717, 1.165) is 50.2 Å². The van der Waals surface area contributed by atoms with Crippen molar-refractivity contribution in [3.63, 3.8) is 0 Å². The molecule has 3 rings (SSSR count). The molecule has 1 aromatic heterocycles. The van der Waals surface area contributed by atoms with Gasteiger partial charge in [0.25, 0.3) is 5.91 Å². The molecule has 1 aliphatic carbocycles. The van der Waals surface area contributed by atoms with Gasteiger partial charge in [0, 0.05) is 36.9 Å². The van der Waals surface area contributed by atoms with E-state index in [4.69, 9.17) is 0 Å². The van der Waals surface area contributed by atoms with E-state index < -0.39 is 0 Å². The first-order valence-corrected chi connectivity index (χ1v) is 6.35. The SMILES string of the molecule is C[C@@H]1CNCCN1C(=O)c1n[nH]c2c1CCC2. The van der Waals surface area contributed by atoms with Crippen LogP contribution >= 0.6 is 0 Å². The van der Waals surface area contributed by atoms with E-state index in [1.165, 1.54) is 0 Å². The summed E-state index contributed by atoms with van der Waals surface area (Å²) in [5.41, 5.74) is 2.98. The number of nitrogens with one attached hydrogen (secondary N) is 2. The number of fused-ring (bicyclic) bond motifs is 1. The van der Waals surface area contributed by atoms with Crippen molar-refractivity contribution in [1.82, 2.24) is 20.4 Å². The number of carbonyl (C=O) groups is 1. The zero-order valence-electron chi connectivity index (χ0n) is 10.1. The van der Waals surface area contributed by atoms with Crippen molar-refractivity contribution in [3.8, 4) is 0 Å². The van der Waals surface area contributed by atoms with Gasteiger partial charge in [0.1, 0.15) is 0 Å². The third kappa shape index (κ3) is 1.74. The molecule has 17 heavy (non-hydrogen) atoms. The number of H-pyrrole nitrogens is 1. The minimum absolute atomic E-state index is 0.0957. The van der Waals surface area contributed by atoms with Crippen molar-refractivity contribution in [2.24, 2.45) is 0 Å². The summed E-state index contributed by atoms with van der Waals surface area (Å²) in [5, 5.41) is 10.5. The first-order valence-electron chi connectivity index (χ1n) is 6.35. The topological polar surface area (TPSA) is 61.0 Å². The maximum atomic E-state index is 12.4. The van der Waals surface area contributed by atoms with Gasteiger partial charge in [-0.15, -0.1) is 0 Å². The molecular weight excluding hydrogens is 216 g/mol. The number of carbonyl (C=O) groups excluding carboxylic acids is 1. The summed E-state index contributed by atoms with van der Waals surface area (Å²) >= 11 is 0. The van der Waals surface area contributed by atoms with Crippen molar-refractivity contribution < 1.29 is 4.79 Å². The van der Waals surface area contributed by atoms with Crippen LogP contribution in [0.5, 0.6) is 0 Å². The Kier molecular flexibility index (Phi) is 2.63. The number of piperazine rings is 1. The van der Waals surface area contributed by atoms with Crippen LogP contribution in [0, 0.1) is 0 Å². The van der Waals surface area contributed by atoms with Crippen LogP contribution in [-0.2, 0) is 12.8 Å². The molecule has 0 unspecified atom stereocenters. The van der Waals surface area contributed by atoms with Gasteiger partial charge in [-0.05, 0) is 26.2 Å². The first-order chi connectivity index (χ1) is 8.27. The summed E-state index contributed by atoms with van der Waals surface area (Å²) in [6.07, 6.45) is 3.17. The molecule has 0 aromatic carbocycles. The van der Waals surface area contributed by atoms with E-state index in [0.29, 0.717) is 5.69 Å². The number of aryl methyl sites for hydroxylation is 1. The average Bonchev–Trinajstić information content (AvgIpc) is 2.90. The molecule has 0 spiro atoms. The molecule has 1 atom stereocenters. The Morgan fingerprint density at radius 2 is 2.35 bits per heavy atom. The zero-order chi connectivity index (χ0) is 11.8. The largest absolute Gasteiger partial charge is 0.332 e. The number of hydrogen-bond acceptors (Lipinski definition) is 3. The molecule has 1 aliphatic heterocycles. The van der Waals surface area contributed by atoms with E-state index in [1.54, 1.807) is 0 Å². The number of aromatic amines is 1. The van der Waals surface area contributed by atoms with Gasteiger partial charge in [-0.3, -0.25) is 9.89 Å². The van der Waals surface area contributed by atoms with Gasteiger partial charge in [0.05, 0.1) is 0 Å². The molecule has 1 amide bonds. The van der Waals surface area contributed by atoms with Gasteiger partial charge in [0.2, 0.25) is 0 Å². The smallest absolute Gasteiger partial charge is 0.274 e. The summed E-state index contributed by atoms with van der Waals surface area (Å²) in [6, 6.07) is 0.255. The number of aromatic nitrogens is 2. The third-order valence-corrected chi connectivity index (χ3v) is 3.77. The van der Waals surface area contributed by atoms with E-state index in [-0.39, 0.29) is 11.9 Å². The lowest BCUT2D eigenvalue weighted by Gasteiger charge is -2.33. The van der Waals surface area contributed by atoms with Crippen molar-refractivity contribution in [2.75, 3.05) is 19.6 Å². The predicted octanol–water partition coefficient (Wildman–Crippen LogP) is 0.332. The van der Waals surface area contributed by atoms with E-state index in [1.807, 2.05) is 4.90 Å². The fourth-order valence-corrected chi connectivity index (χ4v) is 2.77. The maximum absolute atomic E-state index is 12.4. The number of amides is 1. The molecule has 5 nitrogen and oxygen atoms in total. The van der Waals surface area contributed by atoms with Gasteiger partial charge in [0.15, 0.2) is 5.69 Å². The minimum Gasteiger partial charge on any atom is -0.332 e. The lowest BCUT2D eigenvalue weighted by Crippen LogP contribution is -2.52. The second kappa shape index (κ2) is 4.14. The van der Waals surface area contributed by atoms with Crippen LogP contribution in [0.25, 0.3) is 0 Å². The van der Waals surface area contributed by atoms with Crippen LogP contribution in [0.15, 0.2) is 0 Å². The highest BCUT2D eigenvalue weighted by molar-refractivity contribution is 5.94. The standard InChI is InChI=1S/C12H18N4O/c1-8-7-13-5-6-16(8)12(17)11-9-3-2-4-10(9)14-15-11/h8,13H,2-7H2,1H3,(H,14,15)/t8-/m1/s1. The quantitative estimate of drug-likeness (QED) is 0.736. The molecule has 1 fully saturated rings. The fourth-order valence-electron chi connectivity index (χ4n) is 2.77. The summed E-state index contributed by atoms with van der Waals surface area (Å²) < 4.78 is 0. The lowest BCUT2D eigenvalue weighted by molar-refractivity contribution is 0.0648. The summed E-state index contributed by atoms with van der Waals surface area (Å²) in [6.45, 7) is 4.61. The third-order valence-electron chi connectivity index (χ3n) is 3.77. The van der Waals surface area contributed by atoms with Gasteiger partial charge < -0.3 is 10.2 Å². The first kappa shape index (κ1) is 10.8. The molecule has 5 heteroatoms. The highest BCUT2D eigenvalue weighted by Crippen LogP contribution is 2.24. The van der Waals surface area contributed by atoms with E-state index in [9.17, 15) is 4.79 Å². The van der Waals surface area contributed by atoms with Crippen molar-refractivity contribution in [3.05, 3.63) is 17.0 Å². The number of nitrogens with zero attached hydrogens (tertiary/aromatic N) is 2. The van der Waals surface area contributed by atoms with Crippen LogP contribution in [0.4, 0.5) is 0 Å². The Balaban J connectivity index is 1.85. The number of rotatable bonds is 1. The van der Waals surface area contributed by atoms with Crippen LogP contribution in [0.2, 0.25) is 0 Å². The predicted molar refractivity (Wildman–Crippen MR) is 64.0 cm³/mol. The van der Waals surface area contributed by atoms with E-state index >= 15 is 0 Å².